The molecular formula is C15H16F3N3O3. The first kappa shape index (κ1) is 17.6. The fourth-order valence-electron chi connectivity index (χ4n) is 2.06. The fraction of sp³-hybridized carbons (Fsp3) is 0.333. The Bertz CT molecular complexity index is 741. The third-order valence-electron chi connectivity index (χ3n) is 3.23. The van der Waals surface area contributed by atoms with Crippen molar-refractivity contribution in [3.63, 3.8) is 0 Å². The quantitative estimate of drug-likeness (QED) is 0.907. The topological polar surface area (TPSA) is 65.4 Å². The zero-order chi connectivity index (χ0) is 17.9. The van der Waals surface area contributed by atoms with E-state index in [4.69, 9.17) is 9.47 Å². The Kier molecular flexibility index (Phi) is 5.01. The summed E-state index contributed by atoms with van der Waals surface area (Å²) in [5, 5.41) is 5.98. The van der Waals surface area contributed by atoms with Crippen LogP contribution in [0.1, 0.15) is 11.4 Å². The molecule has 9 heteroatoms. The average Bonchev–Trinajstić information content (AvgIpc) is 2.88. The number of carbonyl (C=O) groups excluding carboxylic acids is 1. The maximum absolute atomic E-state index is 12.6. The van der Waals surface area contributed by atoms with Crippen LogP contribution >= 0.6 is 0 Å². The van der Waals surface area contributed by atoms with Crippen LogP contribution in [-0.4, -0.2) is 29.9 Å². The molecule has 0 saturated heterocycles. The highest BCUT2D eigenvalue weighted by molar-refractivity contribution is 5.90. The van der Waals surface area contributed by atoms with Gasteiger partial charge in [-0.3, -0.25) is 9.48 Å². The first-order valence-corrected chi connectivity index (χ1v) is 6.88. The number of ether oxygens (including phenoxy) is 2. The van der Waals surface area contributed by atoms with Gasteiger partial charge in [0.1, 0.15) is 6.54 Å². The second-order valence-electron chi connectivity index (χ2n) is 4.94. The van der Waals surface area contributed by atoms with Crippen LogP contribution in [0.2, 0.25) is 0 Å². The highest BCUT2D eigenvalue weighted by Crippen LogP contribution is 2.30. The molecule has 0 atom stereocenters. The summed E-state index contributed by atoms with van der Waals surface area (Å²) in [5.41, 5.74) is -0.359. The SMILES string of the molecule is COc1ccc(NC(=O)Cn2nc(C(F)(F)F)cc2C)cc1OC. The number of anilines is 1. The van der Waals surface area contributed by atoms with Gasteiger partial charge in [0.15, 0.2) is 17.2 Å². The average molecular weight is 343 g/mol. The molecule has 0 bridgehead atoms. The van der Waals surface area contributed by atoms with E-state index in [2.05, 4.69) is 10.4 Å². The number of nitrogens with zero attached hydrogens (tertiary/aromatic N) is 2. The van der Waals surface area contributed by atoms with Crippen molar-refractivity contribution in [1.29, 1.82) is 0 Å². The predicted molar refractivity (Wildman–Crippen MR) is 80.1 cm³/mol. The molecule has 0 aliphatic heterocycles. The van der Waals surface area contributed by atoms with Gasteiger partial charge in [-0.2, -0.15) is 18.3 Å². The summed E-state index contributed by atoms with van der Waals surface area (Å²) in [5.74, 6) is 0.403. The Hall–Kier alpha value is -2.71. The Morgan fingerprint density at radius 1 is 1.21 bits per heavy atom. The van der Waals surface area contributed by atoms with E-state index in [1.165, 1.54) is 21.1 Å². The number of alkyl halides is 3. The minimum atomic E-state index is -4.55. The monoisotopic (exact) mass is 343 g/mol. The number of halogens is 3. The Balaban J connectivity index is 2.10. The van der Waals surface area contributed by atoms with Gasteiger partial charge in [0.2, 0.25) is 5.91 Å². The minimum Gasteiger partial charge on any atom is -0.493 e. The van der Waals surface area contributed by atoms with Crippen LogP contribution in [-0.2, 0) is 17.5 Å². The third-order valence-corrected chi connectivity index (χ3v) is 3.23. The van der Waals surface area contributed by atoms with E-state index in [0.29, 0.717) is 17.2 Å². The first-order chi connectivity index (χ1) is 11.2. The molecule has 0 unspecified atom stereocenters. The largest absolute Gasteiger partial charge is 0.493 e. The Morgan fingerprint density at radius 2 is 1.88 bits per heavy atom. The number of nitrogens with one attached hydrogen (secondary N) is 1. The highest BCUT2D eigenvalue weighted by Gasteiger charge is 2.34. The zero-order valence-corrected chi connectivity index (χ0v) is 13.3. The van der Waals surface area contributed by atoms with Crippen LogP contribution in [0.25, 0.3) is 0 Å². The van der Waals surface area contributed by atoms with Crippen molar-refractivity contribution in [2.75, 3.05) is 19.5 Å². The van der Waals surface area contributed by atoms with E-state index in [1.807, 2.05) is 0 Å². The summed E-state index contributed by atoms with van der Waals surface area (Å²) in [4.78, 5) is 12.0. The summed E-state index contributed by atoms with van der Waals surface area (Å²) in [6, 6.07) is 5.64. The molecular weight excluding hydrogens is 327 g/mol. The van der Waals surface area contributed by atoms with Gasteiger partial charge in [-0.05, 0) is 25.1 Å². The molecule has 1 heterocycles. The van der Waals surface area contributed by atoms with Crippen molar-refractivity contribution in [3.8, 4) is 11.5 Å². The predicted octanol–water partition coefficient (Wildman–Crippen LogP) is 2.87. The Morgan fingerprint density at radius 3 is 2.42 bits per heavy atom. The first-order valence-electron chi connectivity index (χ1n) is 6.88. The zero-order valence-electron chi connectivity index (χ0n) is 13.3. The van der Waals surface area contributed by atoms with E-state index < -0.39 is 17.8 Å². The number of amides is 1. The summed E-state index contributed by atoms with van der Waals surface area (Å²) >= 11 is 0. The number of carbonyl (C=O) groups is 1. The molecule has 24 heavy (non-hydrogen) atoms. The molecule has 1 N–H and O–H groups in total. The number of hydrogen-bond donors (Lipinski definition) is 1. The van der Waals surface area contributed by atoms with Gasteiger partial charge in [-0.25, -0.2) is 0 Å². The molecule has 0 fully saturated rings. The van der Waals surface area contributed by atoms with Crippen molar-refractivity contribution in [2.45, 2.75) is 19.6 Å². The lowest BCUT2D eigenvalue weighted by Gasteiger charge is -2.11. The van der Waals surface area contributed by atoms with Crippen LogP contribution in [0.15, 0.2) is 24.3 Å². The molecule has 1 aromatic heterocycles. The van der Waals surface area contributed by atoms with Crippen molar-refractivity contribution in [1.82, 2.24) is 9.78 Å². The molecule has 0 saturated carbocycles. The van der Waals surface area contributed by atoms with Crippen LogP contribution in [0, 0.1) is 6.92 Å². The second-order valence-corrected chi connectivity index (χ2v) is 4.94. The second kappa shape index (κ2) is 6.81. The number of rotatable bonds is 5. The van der Waals surface area contributed by atoms with Gasteiger partial charge in [0, 0.05) is 17.4 Å². The minimum absolute atomic E-state index is 0.241. The van der Waals surface area contributed by atoms with Gasteiger partial charge >= 0.3 is 6.18 Å². The maximum Gasteiger partial charge on any atom is 0.435 e. The maximum atomic E-state index is 12.6. The van der Waals surface area contributed by atoms with Crippen LogP contribution in [0.4, 0.5) is 18.9 Å². The van der Waals surface area contributed by atoms with E-state index in [9.17, 15) is 18.0 Å². The normalized spacial score (nSPS) is 11.2. The molecule has 2 rings (SSSR count). The smallest absolute Gasteiger partial charge is 0.435 e. The lowest BCUT2D eigenvalue weighted by molar-refractivity contribution is -0.141. The van der Waals surface area contributed by atoms with Crippen molar-refractivity contribution in [3.05, 3.63) is 35.7 Å². The lowest BCUT2D eigenvalue weighted by atomic mass is 10.2. The van der Waals surface area contributed by atoms with Gasteiger partial charge in [0.25, 0.3) is 0 Å². The number of aryl methyl sites for hydroxylation is 1. The Labute approximate surface area is 136 Å². The molecule has 130 valence electrons. The molecule has 0 aliphatic rings. The molecule has 0 aliphatic carbocycles. The van der Waals surface area contributed by atoms with Crippen molar-refractivity contribution in [2.24, 2.45) is 0 Å². The fourth-order valence-corrected chi connectivity index (χ4v) is 2.06. The van der Waals surface area contributed by atoms with E-state index in [0.717, 1.165) is 10.7 Å². The molecule has 1 aromatic carbocycles. The van der Waals surface area contributed by atoms with E-state index >= 15 is 0 Å². The highest BCUT2D eigenvalue weighted by atomic mass is 19.4. The lowest BCUT2D eigenvalue weighted by Crippen LogP contribution is -2.20. The number of hydrogen-bond acceptors (Lipinski definition) is 4. The van der Waals surface area contributed by atoms with Crippen molar-refractivity contribution < 1.29 is 27.4 Å². The standard InChI is InChI=1S/C15H16F3N3O3/c1-9-6-13(15(16,17)18)20-21(9)8-14(22)19-10-4-5-11(23-2)12(7-10)24-3/h4-7H,8H2,1-3H3,(H,19,22). The molecule has 0 spiro atoms. The van der Waals surface area contributed by atoms with E-state index in [1.54, 1.807) is 18.2 Å². The van der Waals surface area contributed by atoms with Gasteiger partial charge in [-0.15, -0.1) is 0 Å². The van der Waals surface area contributed by atoms with Crippen LogP contribution in [0.3, 0.4) is 0 Å². The number of methoxy groups -OCH3 is 2. The summed E-state index contributed by atoms with van der Waals surface area (Å²) < 4.78 is 49.1. The summed E-state index contributed by atoms with van der Waals surface area (Å²) in [6.45, 7) is 1.11. The number of benzene rings is 1. The van der Waals surface area contributed by atoms with Crippen molar-refractivity contribution >= 4 is 11.6 Å². The van der Waals surface area contributed by atoms with Gasteiger partial charge in [-0.1, -0.05) is 0 Å². The van der Waals surface area contributed by atoms with Crippen LogP contribution < -0.4 is 14.8 Å². The van der Waals surface area contributed by atoms with Gasteiger partial charge < -0.3 is 14.8 Å². The molecule has 0 radical (unpaired) electrons. The number of aromatic nitrogens is 2. The van der Waals surface area contributed by atoms with E-state index in [-0.39, 0.29) is 12.2 Å². The van der Waals surface area contributed by atoms with Gasteiger partial charge in [0.05, 0.1) is 14.2 Å². The molecule has 2 aromatic rings. The van der Waals surface area contributed by atoms with Crippen LogP contribution in [0.5, 0.6) is 11.5 Å². The molecule has 6 nitrogen and oxygen atoms in total. The summed E-state index contributed by atoms with van der Waals surface area (Å²) in [7, 11) is 2.93. The molecule has 1 amide bonds. The third kappa shape index (κ3) is 3.98. The summed E-state index contributed by atoms with van der Waals surface area (Å²) in [6.07, 6.45) is -4.55.